The summed E-state index contributed by atoms with van der Waals surface area (Å²) >= 11 is 0. The molecule has 1 aromatic carbocycles. The van der Waals surface area contributed by atoms with E-state index < -0.39 is 5.97 Å². The first-order valence-corrected chi connectivity index (χ1v) is 9.40. The number of rotatable bonds is 9. The third-order valence-corrected chi connectivity index (χ3v) is 4.31. The normalized spacial score (nSPS) is 12.7. The molecule has 8 heteroatoms. The largest absolute Gasteiger partial charge is 0.484 e. The van der Waals surface area contributed by atoms with Crippen molar-refractivity contribution < 1.29 is 23.9 Å². The molecule has 8 nitrogen and oxygen atoms in total. The maximum absolute atomic E-state index is 12.2. The number of aromatic nitrogens is 1. The van der Waals surface area contributed by atoms with Gasteiger partial charge >= 0.3 is 5.97 Å². The summed E-state index contributed by atoms with van der Waals surface area (Å²) in [5, 5.41) is 5.64. The fraction of sp³-hybridized carbons (Fsp3) is 0.333. The van der Waals surface area contributed by atoms with Crippen LogP contribution in [-0.2, 0) is 16.0 Å². The van der Waals surface area contributed by atoms with E-state index in [0.717, 1.165) is 18.4 Å². The van der Waals surface area contributed by atoms with Gasteiger partial charge in [0.05, 0.1) is 7.11 Å². The number of methoxy groups -OCH3 is 1. The van der Waals surface area contributed by atoms with Crippen LogP contribution in [0, 0.1) is 0 Å². The maximum atomic E-state index is 12.2. The second-order valence-electron chi connectivity index (χ2n) is 6.68. The number of carbonyl (C=O) groups excluding carboxylic acids is 3. The van der Waals surface area contributed by atoms with Crippen LogP contribution in [0.5, 0.6) is 5.75 Å². The zero-order valence-corrected chi connectivity index (χ0v) is 16.1. The highest BCUT2D eigenvalue weighted by Crippen LogP contribution is 2.18. The molecule has 2 aromatic rings. The molecule has 0 aliphatic heterocycles. The number of nitrogens with one attached hydrogen (secondary N) is 2. The fourth-order valence-electron chi connectivity index (χ4n) is 2.59. The number of carbonyl (C=O) groups is 3. The number of nitrogens with zero attached hydrogens (tertiary/aromatic N) is 1. The first-order valence-electron chi connectivity index (χ1n) is 9.40. The molecule has 0 saturated heterocycles. The standard InChI is InChI=1S/C21H23N3O5/c1-28-21(27)18-4-2-3-17(24-18)20(26)22-12-11-14-5-9-16(10-6-14)29-13-19(25)23-15-7-8-15/h2-6,9-10,15H,7-8,11-13H2,1H3,(H,22,26)(H,23,25). The lowest BCUT2D eigenvalue weighted by molar-refractivity contribution is -0.123. The van der Waals surface area contributed by atoms with Crippen molar-refractivity contribution in [3.8, 4) is 5.75 Å². The van der Waals surface area contributed by atoms with Gasteiger partial charge in [0.25, 0.3) is 11.8 Å². The molecule has 1 aliphatic rings. The highest BCUT2D eigenvalue weighted by Gasteiger charge is 2.23. The molecule has 1 heterocycles. The van der Waals surface area contributed by atoms with Crippen molar-refractivity contribution in [1.29, 1.82) is 0 Å². The van der Waals surface area contributed by atoms with Gasteiger partial charge < -0.3 is 20.1 Å². The summed E-state index contributed by atoms with van der Waals surface area (Å²) in [6.45, 7) is 0.413. The predicted molar refractivity (Wildman–Crippen MR) is 105 cm³/mol. The van der Waals surface area contributed by atoms with E-state index in [1.54, 1.807) is 18.2 Å². The van der Waals surface area contributed by atoms with Crippen LogP contribution in [0.1, 0.15) is 39.4 Å². The molecule has 0 spiro atoms. The Morgan fingerprint density at radius 2 is 1.79 bits per heavy atom. The van der Waals surface area contributed by atoms with Crippen molar-refractivity contribution in [3.05, 3.63) is 59.4 Å². The van der Waals surface area contributed by atoms with Crippen LogP contribution in [0.25, 0.3) is 0 Å². The Hall–Kier alpha value is -3.42. The second kappa shape index (κ2) is 9.68. The van der Waals surface area contributed by atoms with E-state index in [1.807, 2.05) is 12.1 Å². The number of esters is 1. The Morgan fingerprint density at radius 1 is 1.07 bits per heavy atom. The molecule has 2 amide bonds. The lowest BCUT2D eigenvalue weighted by Crippen LogP contribution is -2.30. The van der Waals surface area contributed by atoms with Crippen LogP contribution in [0.2, 0.25) is 0 Å². The van der Waals surface area contributed by atoms with Crippen LogP contribution in [0.3, 0.4) is 0 Å². The molecule has 0 unspecified atom stereocenters. The summed E-state index contributed by atoms with van der Waals surface area (Å²) in [7, 11) is 1.26. The Morgan fingerprint density at radius 3 is 2.48 bits per heavy atom. The monoisotopic (exact) mass is 397 g/mol. The van der Waals surface area contributed by atoms with Crippen LogP contribution in [0.4, 0.5) is 0 Å². The minimum absolute atomic E-state index is 0.00351. The molecule has 0 atom stereocenters. The SMILES string of the molecule is COC(=O)c1cccc(C(=O)NCCc2ccc(OCC(=O)NC3CC3)cc2)n1. The maximum Gasteiger partial charge on any atom is 0.356 e. The van der Waals surface area contributed by atoms with Gasteiger partial charge in [-0.1, -0.05) is 18.2 Å². The Kier molecular flexibility index (Phi) is 6.78. The molecular formula is C21H23N3O5. The molecule has 2 N–H and O–H groups in total. The van der Waals surface area contributed by atoms with Crippen LogP contribution >= 0.6 is 0 Å². The van der Waals surface area contributed by atoms with Gasteiger partial charge in [-0.25, -0.2) is 9.78 Å². The van der Waals surface area contributed by atoms with Gasteiger partial charge in [0.2, 0.25) is 0 Å². The van der Waals surface area contributed by atoms with Crippen molar-refractivity contribution in [1.82, 2.24) is 15.6 Å². The first kappa shape index (κ1) is 20.3. The molecule has 1 aliphatic carbocycles. The van der Waals surface area contributed by atoms with Gasteiger partial charge in [0.15, 0.2) is 6.61 Å². The molecule has 0 bridgehead atoms. The highest BCUT2D eigenvalue weighted by molar-refractivity contribution is 5.94. The minimum atomic E-state index is -0.591. The first-order chi connectivity index (χ1) is 14.0. The van der Waals surface area contributed by atoms with Crippen LogP contribution in [0.15, 0.2) is 42.5 Å². The predicted octanol–water partition coefficient (Wildman–Crippen LogP) is 1.50. The third-order valence-electron chi connectivity index (χ3n) is 4.31. The lowest BCUT2D eigenvalue weighted by atomic mass is 10.1. The second-order valence-corrected chi connectivity index (χ2v) is 6.68. The van der Waals surface area contributed by atoms with E-state index >= 15 is 0 Å². The number of benzene rings is 1. The molecule has 1 fully saturated rings. The molecule has 1 aromatic heterocycles. The van der Waals surface area contributed by atoms with E-state index in [2.05, 4.69) is 20.4 Å². The van der Waals surface area contributed by atoms with Gasteiger partial charge in [-0.05, 0) is 49.1 Å². The van der Waals surface area contributed by atoms with Crippen molar-refractivity contribution >= 4 is 17.8 Å². The molecule has 152 valence electrons. The number of amides is 2. The molecule has 0 radical (unpaired) electrons. The van der Waals surface area contributed by atoms with E-state index in [0.29, 0.717) is 24.8 Å². The van der Waals surface area contributed by atoms with Crippen LogP contribution < -0.4 is 15.4 Å². The van der Waals surface area contributed by atoms with Gasteiger partial charge in [-0.3, -0.25) is 9.59 Å². The van der Waals surface area contributed by atoms with Crippen molar-refractivity contribution in [2.45, 2.75) is 25.3 Å². The summed E-state index contributed by atoms with van der Waals surface area (Å²) in [4.78, 5) is 39.3. The fourth-order valence-corrected chi connectivity index (χ4v) is 2.59. The summed E-state index contributed by atoms with van der Waals surface area (Å²) < 4.78 is 10.1. The average molecular weight is 397 g/mol. The molecule has 29 heavy (non-hydrogen) atoms. The van der Waals surface area contributed by atoms with Gasteiger partial charge in [0.1, 0.15) is 17.1 Å². The molecular weight excluding hydrogens is 374 g/mol. The number of ether oxygens (including phenoxy) is 2. The van der Waals surface area contributed by atoms with Gasteiger partial charge in [-0.2, -0.15) is 0 Å². The van der Waals surface area contributed by atoms with Crippen molar-refractivity contribution in [3.63, 3.8) is 0 Å². The zero-order chi connectivity index (χ0) is 20.6. The third kappa shape index (κ3) is 6.31. The number of hydrogen-bond acceptors (Lipinski definition) is 6. The highest BCUT2D eigenvalue weighted by atomic mass is 16.5. The van der Waals surface area contributed by atoms with E-state index in [9.17, 15) is 14.4 Å². The summed E-state index contributed by atoms with van der Waals surface area (Å²) in [6, 6.07) is 12.3. The smallest absolute Gasteiger partial charge is 0.356 e. The van der Waals surface area contributed by atoms with Crippen molar-refractivity contribution in [2.75, 3.05) is 20.3 Å². The van der Waals surface area contributed by atoms with Crippen LogP contribution in [-0.4, -0.2) is 49.1 Å². The quantitative estimate of drug-likeness (QED) is 0.621. The summed E-state index contributed by atoms with van der Waals surface area (Å²) in [6.07, 6.45) is 2.71. The Bertz CT molecular complexity index is 878. The average Bonchev–Trinajstić information content (AvgIpc) is 3.56. The van der Waals surface area contributed by atoms with E-state index in [1.165, 1.54) is 19.2 Å². The van der Waals surface area contributed by atoms with E-state index in [-0.39, 0.29) is 29.8 Å². The topological polar surface area (TPSA) is 107 Å². The minimum Gasteiger partial charge on any atom is -0.484 e. The zero-order valence-electron chi connectivity index (χ0n) is 16.1. The molecule has 3 rings (SSSR count). The molecule has 1 saturated carbocycles. The lowest BCUT2D eigenvalue weighted by Gasteiger charge is -2.08. The van der Waals surface area contributed by atoms with Gasteiger partial charge in [0, 0.05) is 12.6 Å². The Labute approximate surface area is 168 Å². The number of hydrogen-bond donors (Lipinski definition) is 2. The van der Waals surface area contributed by atoms with Gasteiger partial charge in [-0.15, -0.1) is 0 Å². The Balaban J connectivity index is 1.42. The summed E-state index contributed by atoms with van der Waals surface area (Å²) in [5.41, 5.74) is 1.25. The summed E-state index contributed by atoms with van der Waals surface area (Å²) in [5.74, 6) is -0.443. The van der Waals surface area contributed by atoms with E-state index in [4.69, 9.17) is 4.74 Å². The number of pyridine rings is 1. The van der Waals surface area contributed by atoms with Crippen molar-refractivity contribution in [2.24, 2.45) is 0 Å².